The number of hydrogen-bond donors (Lipinski definition) is 2. The first-order valence-electron chi connectivity index (χ1n) is 8.00. The molecule has 5 nitrogen and oxygen atoms in total. The SMILES string of the molecule is COc1cc2c(cc1O)CCNC2Cc1ccc(OC)c(OC)c1. The summed E-state index contributed by atoms with van der Waals surface area (Å²) in [6.07, 6.45) is 1.72. The van der Waals surface area contributed by atoms with E-state index in [1.165, 1.54) is 5.56 Å². The molecule has 1 heterocycles. The highest BCUT2D eigenvalue weighted by atomic mass is 16.5. The first kappa shape index (κ1) is 16.5. The molecule has 2 N–H and O–H groups in total. The van der Waals surface area contributed by atoms with E-state index >= 15 is 0 Å². The fourth-order valence-corrected chi connectivity index (χ4v) is 3.25. The van der Waals surface area contributed by atoms with E-state index in [0.717, 1.165) is 42.0 Å². The maximum Gasteiger partial charge on any atom is 0.160 e. The quantitative estimate of drug-likeness (QED) is 0.883. The van der Waals surface area contributed by atoms with Crippen molar-refractivity contribution in [2.75, 3.05) is 27.9 Å². The average molecular weight is 329 g/mol. The van der Waals surface area contributed by atoms with Gasteiger partial charge in [0.25, 0.3) is 0 Å². The number of nitrogens with one attached hydrogen (secondary N) is 1. The second kappa shape index (κ2) is 7.01. The van der Waals surface area contributed by atoms with Gasteiger partial charge in [0.15, 0.2) is 23.0 Å². The molecule has 0 aliphatic carbocycles. The zero-order valence-corrected chi connectivity index (χ0v) is 14.3. The minimum absolute atomic E-state index is 0.168. The van der Waals surface area contributed by atoms with E-state index in [-0.39, 0.29) is 11.8 Å². The predicted molar refractivity (Wildman–Crippen MR) is 92.4 cm³/mol. The largest absolute Gasteiger partial charge is 0.504 e. The highest BCUT2D eigenvalue weighted by Crippen LogP contribution is 2.36. The Bertz CT molecular complexity index is 730. The van der Waals surface area contributed by atoms with E-state index in [2.05, 4.69) is 11.4 Å². The Morgan fingerprint density at radius 3 is 2.46 bits per heavy atom. The van der Waals surface area contributed by atoms with Gasteiger partial charge in [0.2, 0.25) is 0 Å². The van der Waals surface area contributed by atoms with Crippen molar-refractivity contribution in [2.24, 2.45) is 0 Å². The Morgan fingerprint density at radius 1 is 1.00 bits per heavy atom. The molecule has 0 radical (unpaired) electrons. The smallest absolute Gasteiger partial charge is 0.160 e. The Kier molecular flexibility index (Phi) is 4.81. The van der Waals surface area contributed by atoms with Crippen LogP contribution in [0.3, 0.4) is 0 Å². The number of benzene rings is 2. The van der Waals surface area contributed by atoms with Crippen LogP contribution in [0, 0.1) is 0 Å². The number of hydrogen-bond acceptors (Lipinski definition) is 5. The van der Waals surface area contributed by atoms with Crippen molar-refractivity contribution in [3.05, 3.63) is 47.0 Å². The van der Waals surface area contributed by atoms with Crippen LogP contribution in [0.15, 0.2) is 30.3 Å². The number of phenolic OH excluding ortho intramolecular Hbond substituents is 1. The van der Waals surface area contributed by atoms with E-state index in [1.54, 1.807) is 21.3 Å². The standard InChI is InChI=1S/C19H23NO4/c1-22-17-5-4-12(9-19(17)24-3)8-15-14-11-18(23-2)16(21)10-13(14)6-7-20-15/h4-5,9-11,15,20-21H,6-8H2,1-3H3. The van der Waals surface area contributed by atoms with Crippen LogP contribution in [0.2, 0.25) is 0 Å². The van der Waals surface area contributed by atoms with Crippen LogP contribution < -0.4 is 19.5 Å². The highest BCUT2D eigenvalue weighted by Gasteiger charge is 2.22. The van der Waals surface area contributed by atoms with Gasteiger partial charge in [-0.05, 0) is 60.3 Å². The Labute approximate surface area is 142 Å². The zero-order valence-electron chi connectivity index (χ0n) is 14.3. The summed E-state index contributed by atoms with van der Waals surface area (Å²) in [5, 5.41) is 13.5. The van der Waals surface area contributed by atoms with Crippen molar-refractivity contribution >= 4 is 0 Å². The Hall–Kier alpha value is -2.40. The van der Waals surface area contributed by atoms with Gasteiger partial charge >= 0.3 is 0 Å². The number of aromatic hydroxyl groups is 1. The number of fused-ring (bicyclic) bond motifs is 1. The molecule has 128 valence electrons. The minimum Gasteiger partial charge on any atom is -0.504 e. The van der Waals surface area contributed by atoms with Gasteiger partial charge in [-0.1, -0.05) is 6.07 Å². The van der Waals surface area contributed by atoms with Gasteiger partial charge in [-0.15, -0.1) is 0 Å². The number of methoxy groups -OCH3 is 3. The summed E-state index contributed by atoms with van der Waals surface area (Å²) >= 11 is 0. The normalized spacial score (nSPS) is 16.4. The fourth-order valence-electron chi connectivity index (χ4n) is 3.25. The summed E-state index contributed by atoms with van der Waals surface area (Å²) in [5.41, 5.74) is 3.49. The summed E-state index contributed by atoms with van der Waals surface area (Å²) in [4.78, 5) is 0. The van der Waals surface area contributed by atoms with E-state index in [0.29, 0.717) is 5.75 Å². The predicted octanol–water partition coefficient (Wildman–Crippen LogP) is 2.85. The zero-order chi connectivity index (χ0) is 17.1. The third-order valence-electron chi connectivity index (χ3n) is 4.49. The molecule has 0 bridgehead atoms. The van der Waals surface area contributed by atoms with Crippen LogP contribution in [-0.2, 0) is 12.8 Å². The second-order valence-electron chi connectivity index (χ2n) is 5.87. The summed E-state index contributed by atoms with van der Waals surface area (Å²) in [6.45, 7) is 0.886. The van der Waals surface area contributed by atoms with Crippen molar-refractivity contribution in [2.45, 2.75) is 18.9 Å². The van der Waals surface area contributed by atoms with Crippen LogP contribution >= 0.6 is 0 Å². The molecule has 2 aromatic carbocycles. The van der Waals surface area contributed by atoms with Gasteiger partial charge in [0.05, 0.1) is 21.3 Å². The van der Waals surface area contributed by atoms with Gasteiger partial charge in [-0.3, -0.25) is 0 Å². The molecule has 0 amide bonds. The molecule has 3 rings (SSSR count). The van der Waals surface area contributed by atoms with Crippen LogP contribution in [-0.4, -0.2) is 33.0 Å². The van der Waals surface area contributed by atoms with Crippen molar-refractivity contribution < 1.29 is 19.3 Å². The average Bonchev–Trinajstić information content (AvgIpc) is 2.61. The van der Waals surface area contributed by atoms with Gasteiger partial charge in [0.1, 0.15) is 0 Å². The third-order valence-corrected chi connectivity index (χ3v) is 4.49. The maximum atomic E-state index is 9.99. The number of rotatable bonds is 5. The van der Waals surface area contributed by atoms with Gasteiger partial charge in [-0.2, -0.15) is 0 Å². The lowest BCUT2D eigenvalue weighted by atomic mass is 9.90. The summed E-state index contributed by atoms with van der Waals surface area (Å²) in [7, 11) is 4.85. The molecule has 24 heavy (non-hydrogen) atoms. The van der Waals surface area contributed by atoms with E-state index in [4.69, 9.17) is 14.2 Å². The lowest BCUT2D eigenvalue weighted by Crippen LogP contribution is -2.31. The molecular weight excluding hydrogens is 306 g/mol. The Morgan fingerprint density at radius 2 is 1.75 bits per heavy atom. The third kappa shape index (κ3) is 3.12. The van der Waals surface area contributed by atoms with Gasteiger partial charge in [0, 0.05) is 6.04 Å². The van der Waals surface area contributed by atoms with Gasteiger partial charge in [-0.25, -0.2) is 0 Å². The molecule has 1 aliphatic heterocycles. The molecule has 5 heteroatoms. The first-order chi connectivity index (χ1) is 11.7. The maximum absolute atomic E-state index is 9.99. The summed E-state index contributed by atoms with van der Waals surface area (Å²) < 4.78 is 15.9. The van der Waals surface area contributed by atoms with Crippen molar-refractivity contribution in [3.8, 4) is 23.0 Å². The van der Waals surface area contributed by atoms with Crippen LogP contribution in [0.25, 0.3) is 0 Å². The van der Waals surface area contributed by atoms with Crippen molar-refractivity contribution in [1.82, 2.24) is 5.32 Å². The molecular formula is C19H23NO4. The van der Waals surface area contributed by atoms with Crippen LogP contribution in [0.4, 0.5) is 0 Å². The molecule has 0 saturated carbocycles. The number of phenols is 1. The molecule has 1 atom stereocenters. The molecule has 0 spiro atoms. The number of ether oxygens (including phenoxy) is 3. The monoisotopic (exact) mass is 329 g/mol. The molecule has 1 aliphatic rings. The van der Waals surface area contributed by atoms with Crippen LogP contribution in [0.5, 0.6) is 23.0 Å². The Balaban J connectivity index is 1.90. The summed E-state index contributed by atoms with van der Waals surface area (Å²) in [6, 6.07) is 9.90. The van der Waals surface area contributed by atoms with E-state index in [1.807, 2.05) is 24.3 Å². The van der Waals surface area contributed by atoms with E-state index < -0.39 is 0 Å². The minimum atomic E-state index is 0.168. The highest BCUT2D eigenvalue weighted by molar-refractivity contribution is 5.49. The van der Waals surface area contributed by atoms with Crippen molar-refractivity contribution in [3.63, 3.8) is 0 Å². The molecule has 0 fully saturated rings. The fraction of sp³-hybridized carbons (Fsp3) is 0.368. The molecule has 0 saturated heterocycles. The molecule has 0 aromatic heterocycles. The first-order valence-corrected chi connectivity index (χ1v) is 8.00. The van der Waals surface area contributed by atoms with Crippen LogP contribution in [0.1, 0.15) is 22.7 Å². The van der Waals surface area contributed by atoms with Crippen molar-refractivity contribution in [1.29, 1.82) is 0 Å². The topological polar surface area (TPSA) is 60.0 Å². The second-order valence-corrected chi connectivity index (χ2v) is 5.87. The molecule has 1 unspecified atom stereocenters. The van der Waals surface area contributed by atoms with Gasteiger partial charge < -0.3 is 24.6 Å². The lowest BCUT2D eigenvalue weighted by molar-refractivity contribution is 0.354. The van der Waals surface area contributed by atoms with E-state index in [9.17, 15) is 5.11 Å². The lowest BCUT2D eigenvalue weighted by Gasteiger charge is -2.28. The summed E-state index contributed by atoms with van der Waals surface area (Å²) in [5.74, 6) is 2.16. The molecule has 2 aromatic rings.